The second kappa shape index (κ2) is 5.87. The molecule has 6 heteroatoms. The van der Waals surface area contributed by atoms with Gasteiger partial charge in [0.2, 0.25) is 0 Å². The van der Waals surface area contributed by atoms with Crippen LogP contribution < -0.4 is 10.1 Å². The van der Waals surface area contributed by atoms with E-state index in [-0.39, 0.29) is 11.9 Å². The summed E-state index contributed by atoms with van der Waals surface area (Å²) in [4.78, 5) is 4.64. The second-order valence-corrected chi connectivity index (χ2v) is 6.23. The van der Waals surface area contributed by atoms with Crippen LogP contribution in [0.2, 0.25) is 0 Å². The molecule has 124 valence electrons. The van der Waals surface area contributed by atoms with Crippen molar-refractivity contribution in [3.8, 4) is 17.1 Å². The quantitative estimate of drug-likeness (QED) is 0.776. The number of halogens is 1. The molecule has 0 radical (unpaired) electrons. The number of rotatable bonds is 3. The molecule has 24 heavy (non-hydrogen) atoms. The molecular weight excluding hydrogens is 307 g/mol. The molecule has 3 aromatic rings. The number of benzene rings is 1. The average molecular weight is 326 g/mol. The molecule has 0 bridgehead atoms. The summed E-state index contributed by atoms with van der Waals surface area (Å²) in [6.07, 6.45) is 1.21. The molecule has 2 N–H and O–H groups in total. The van der Waals surface area contributed by atoms with E-state index in [4.69, 9.17) is 4.74 Å². The van der Waals surface area contributed by atoms with Crippen LogP contribution in [-0.4, -0.2) is 34.4 Å². The first-order valence-electron chi connectivity index (χ1n) is 8.11. The van der Waals surface area contributed by atoms with Gasteiger partial charge in [-0.05, 0) is 56.6 Å². The van der Waals surface area contributed by atoms with Gasteiger partial charge >= 0.3 is 0 Å². The monoisotopic (exact) mass is 326 g/mol. The summed E-state index contributed by atoms with van der Waals surface area (Å²) in [6, 6.07) is 7.11. The SMILES string of the molecule is Cc1cc2c(-c3ccc(OC4CCNC4)c(C)n3)n[nH]c2cc1F. The molecule has 0 spiro atoms. The predicted molar refractivity (Wildman–Crippen MR) is 90.7 cm³/mol. The number of aromatic nitrogens is 3. The third kappa shape index (κ3) is 2.63. The Balaban J connectivity index is 1.69. The zero-order chi connectivity index (χ0) is 16.7. The summed E-state index contributed by atoms with van der Waals surface area (Å²) < 4.78 is 19.7. The van der Waals surface area contributed by atoms with Gasteiger partial charge in [-0.1, -0.05) is 0 Å². The molecule has 1 fully saturated rings. The Morgan fingerprint density at radius 2 is 2.12 bits per heavy atom. The van der Waals surface area contributed by atoms with Gasteiger partial charge in [0.25, 0.3) is 0 Å². The maximum absolute atomic E-state index is 13.7. The van der Waals surface area contributed by atoms with E-state index >= 15 is 0 Å². The summed E-state index contributed by atoms with van der Waals surface area (Å²) in [5, 5.41) is 11.4. The highest BCUT2D eigenvalue weighted by Crippen LogP contribution is 2.29. The molecule has 1 atom stereocenters. The van der Waals surface area contributed by atoms with Crippen LogP contribution >= 0.6 is 0 Å². The van der Waals surface area contributed by atoms with Gasteiger partial charge in [0.05, 0.1) is 16.9 Å². The molecule has 1 aromatic carbocycles. The van der Waals surface area contributed by atoms with E-state index in [1.807, 2.05) is 19.1 Å². The minimum Gasteiger partial charge on any atom is -0.487 e. The largest absolute Gasteiger partial charge is 0.487 e. The fourth-order valence-electron chi connectivity index (χ4n) is 3.05. The first-order valence-corrected chi connectivity index (χ1v) is 8.11. The average Bonchev–Trinajstić information content (AvgIpc) is 3.20. The van der Waals surface area contributed by atoms with Crippen molar-refractivity contribution < 1.29 is 9.13 Å². The van der Waals surface area contributed by atoms with E-state index in [9.17, 15) is 4.39 Å². The number of aromatic amines is 1. The van der Waals surface area contributed by atoms with Crippen LogP contribution in [-0.2, 0) is 0 Å². The van der Waals surface area contributed by atoms with E-state index in [1.165, 1.54) is 6.07 Å². The molecule has 4 rings (SSSR count). The van der Waals surface area contributed by atoms with Crippen LogP contribution in [0.3, 0.4) is 0 Å². The Bertz CT molecular complexity index is 899. The van der Waals surface area contributed by atoms with Crippen molar-refractivity contribution in [3.63, 3.8) is 0 Å². The van der Waals surface area contributed by atoms with E-state index in [0.29, 0.717) is 11.1 Å². The highest BCUT2D eigenvalue weighted by molar-refractivity contribution is 5.92. The van der Waals surface area contributed by atoms with E-state index in [0.717, 1.165) is 47.7 Å². The summed E-state index contributed by atoms with van der Waals surface area (Å²) in [5.74, 6) is 0.560. The van der Waals surface area contributed by atoms with Crippen LogP contribution in [0.15, 0.2) is 24.3 Å². The first-order chi connectivity index (χ1) is 11.6. The highest BCUT2D eigenvalue weighted by atomic mass is 19.1. The Morgan fingerprint density at radius 3 is 2.88 bits per heavy atom. The van der Waals surface area contributed by atoms with Crippen molar-refractivity contribution in [3.05, 3.63) is 41.3 Å². The van der Waals surface area contributed by atoms with Gasteiger partial charge in [-0.15, -0.1) is 0 Å². The summed E-state index contributed by atoms with van der Waals surface area (Å²) in [5.41, 5.74) is 3.57. The van der Waals surface area contributed by atoms with Gasteiger partial charge in [0.15, 0.2) is 0 Å². The molecule has 1 unspecified atom stereocenters. The van der Waals surface area contributed by atoms with Gasteiger partial charge in [0, 0.05) is 11.9 Å². The van der Waals surface area contributed by atoms with Gasteiger partial charge in [-0.2, -0.15) is 5.10 Å². The normalized spacial score (nSPS) is 17.5. The van der Waals surface area contributed by atoms with Crippen LogP contribution in [0.4, 0.5) is 4.39 Å². The lowest BCUT2D eigenvalue weighted by Crippen LogP contribution is -2.20. The molecule has 1 saturated heterocycles. The molecule has 5 nitrogen and oxygen atoms in total. The molecule has 1 aliphatic heterocycles. The number of nitrogens with zero attached hydrogens (tertiary/aromatic N) is 2. The standard InChI is InChI=1S/C18H19FN4O/c1-10-7-13-16(8-14(10)19)22-23-18(13)15-3-4-17(11(2)21-15)24-12-5-6-20-9-12/h3-4,7-8,12,20H,5-6,9H2,1-2H3,(H,22,23). The van der Waals surface area contributed by atoms with Crippen molar-refractivity contribution >= 4 is 10.9 Å². The number of H-pyrrole nitrogens is 1. The van der Waals surface area contributed by atoms with Crippen molar-refractivity contribution in [1.82, 2.24) is 20.5 Å². The zero-order valence-electron chi connectivity index (χ0n) is 13.7. The molecule has 0 saturated carbocycles. The van der Waals surface area contributed by atoms with E-state index < -0.39 is 0 Å². The van der Waals surface area contributed by atoms with E-state index in [1.54, 1.807) is 13.0 Å². The third-order valence-electron chi connectivity index (χ3n) is 4.43. The third-order valence-corrected chi connectivity index (χ3v) is 4.43. The lowest BCUT2D eigenvalue weighted by molar-refractivity contribution is 0.220. The fraction of sp³-hybridized carbons (Fsp3) is 0.333. The van der Waals surface area contributed by atoms with Crippen LogP contribution in [0.5, 0.6) is 5.75 Å². The number of fused-ring (bicyclic) bond motifs is 1. The summed E-state index contributed by atoms with van der Waals surface area (Å²) in [7, 11) is 0. The van der Waals surface area contributed by atoms with Gasteiger partial charge in [0.1, 0.15) is 23.4 Å². The Morgan fingerprint density at radius 1 is 1.25 bits per heavy atom. The van der Waals surface area contributed by atoms with Crippen LogP contribution in [0.25, 0.3) is 22.3 Å². The predicted octanol–water partition coefficient (Wildman–Crippen LogP) is 3.12. The first kappa shape index (κ1) is 15.1. The number of hydrogen-bond acceptors (Lipinski definition) is 4. The molecule has 0 amide bonds. The maximum Gasteiger partial charge on any atom is 0.141 e. The summed E-state index contributed by atoms with van der Waals surface area (Å²) >= 11 is 0. The van der Waals surface area contributed by atoms with Crippen molar-refractivity contribution in [2.75, 3.05) is 13.1 Å². The lowest BCUT2D eigenvalue weighted by atomic mass is 10.1. The van der Waals surface area contributed by atoms with Crippen molar-refractivity contribution in [2.45, 2.75) is 26.4 Å². The maximum atomic E-state index is 13.7. The molecule has 3 heterocycles. The van der Waals surface area contributed by atoms with E-state index in [2.05, 4.69) is 20.5 Å². The smallest absolute Gasteiger partial charge is 0.141 e. The van der Waals surface area contributed by atoms with Crippen molar-refractivity contribution in [1.29, 1.82) is 0 Å². The Kier molecular flexibility index (Phi) is 3.69. The minimum atomic E-state index is -0.240. The number of aryl methyl sites for hydroxylation is 2. The number of nitrogens with one attached hydrogen (secondary N) is 2. The Hall–Kier alpha value is -2.47. The zero-order valence-corrected chi connectivity index (χ0v) is 13.7. The molecule has 0 aliphatic carbocycles. The Labute approximate surface area is 139 Å². The van der Waals surface area contributed by atoms with Crippen LogP contribution in [0, 0.1) is 19.7 Å². The fourth-order valence-corrected chi connectivity index (χ4v) is 3.05. The molecule has 2 aromatic heterocycles. The summed E-state index contributed by atoms with van der Waals surface area (Å²) in [6.45, 7) is 5.54. The second-order valence-electron chi connectivity index (χ2n) is 6.23. The number of pyridine rings is 1. The highest BCUT2D eigenvalue weighted by Gasteiger charge is 2.18. The molecule has 1 aliphatic rings. The van der Waals surface area contributed by atoms with Gasteiger partial charge in [-0.3, -0.25) is 5.10 Å². The topological polar surface area (TPSA) is 62.8 Å². The number of hydrogen-bond donors (Lipinski definition) is 2. The lowest BCUT2D eigenvalue weighted by Gasteiger charge is -2.14. The minimum absolute atomic E-state index is 0.202. The number of ether oxygens (including phenoxy) is 1. The van der Waals surface area contributed by atoms with Gasteiger partial charge < -0.3 is 10.1 Å². The van der Waals surface area contributed by atoms with Gasteiger partial charge in [-0.25, -0.2) is 9.37 Å². The van der Waals surface area contributed by atoms with Crippen LogP contribution in [0.1, 0.15) is 17.7 Å². The molecular formula is C18H19FN4O. The van der Waals surface area contributed by atoms with Crippen molar-refractivity contribution in [2.24, 2.45) is 0 Å².